The van der Waals surface area contributed by atoms with E-state index in [0.717, 1.165) is 30.8 Å². The number of aromatic nitrogens is 2. The molecule has 1 heterocycles. The van der Waals surface area contributed by atoms with Crippen LogP contribution in [-0.4, -0.2) is 22.8 Å². The first kappa shape index (κ1) is 10.4. The highest BCUT2D eigenvalue weighted by molar-refractivity contribution is 5.34. The summed E-state index contributed by atoms with van der Waals surface area (Å²) in [6.07, 6.45) is 5.28. The van der Waals surface area contributed by atoms with Gasteiger partial charge in [-0.05, 0) is 43.7 Å². The predicted octanol–water partition coefficient (Wildman–Crippen LogP) is 1.32. The molecule has 0 bridgehead atoms. The van der Waals surface area contributed by atoms with Crippen LogP contribution in [0.2, 0.25) is 0 Å². The first-order valence-corrected chi connectivity index (χ1v) is 5.53. The molecule has 2 rings (SSSR count). The molecule has 0 amide bonds. The number of rotatable bonds is 3. The van der Waals surface area contributed by atoms with E-state index in [4.69, 9.17) is 5.73 Å². The van der Waals surface area contributed by atoms with Gasteiger partial charge in [-0.2, -0.15) is 5.10 Å². The highest BCUT2D eigenvalue weighted by Crippen LogP contribution is 2.24. The van der Waals surface area contributed by atoms with E-state index in [1.807, 2.05) is 13.0 Å². The lowest BCUT2D eigenvalue weighted by Crippen LogP contribution is -2.18. The van der Waals surface area contributed by atoms with E-state index in [2.05, 4.69) is 15.5 Å². The zero-order valence-corrected chi connectivity index (χ0v) is 9.11. The minimum Gasteiger partial charge on any atom is -0.368 e. The van der Waals surface area contributed by atoms with Gasteiger partial charge in [-0.3, -0.25) is 0 Å². The lowest BCUT2D eigenvalue weighted by molar-refractivity contribution is 0.564. The Morgan fingerprint density at radius 2 is 2.40 bits per heavy atom. The lowest BCUT2D eigenvalue weighted by Gasteiger charge is -2.11. The van der Waals surface area contributed by atoms with Crippen molar-refractivity contribution in [2.75, 3.05) is 11.9 Å². The fourth-order valence-electron chi connectivity index (χ4n) is 2.10. The normalized spacial score (nSPS) is 25.5. The van der Waals surface area contributed by atoms with Gasteiger partial charge in [-0.1, -0.05) is 0 Å². The Morgan fingerprint density at radius 3 is 3.07 bits per heavy atom. The summed E-state index contributed by atoms with van der Waals surface area (Å²) in [4.78, 5) is 0. The number of aryl methyl sites for hydroxylation is 1. The third-order valence-corrected chi connectivity index (χ3v) is 2.94. The van der Waals surface area contributed by atoms with Crippen molar-refractivity contribution in [3.8, 4) is 0 Å². The van der Waals surface area contributed by atoms with Crippen LogP contribution in [0.15, 0.2) is 12.3 Å². The molecule has 1 fully saturated rings. The molecule has 2 atom stereocenters. The van der Waals surface area contributed by atoms with Crippen molar-refractivity contribution in [2.24, 2.45) is 11.7 Å². The second-order valence-electron chi connectivity index (χ2n) is 4.44. The molecule has 2 unspecified atom stereocenters. The molecule has 0 spiro atoms. The van der Waals surface area contributed by atoms with Gasteiger partial charge in [0.05, 0.1) is 6.20 Å². The standard InChI is InChI=1S/C11H18N4/c1-8-4-11(15-14-6-8)13-7-9-2-3-10(12)5-9/h4,6,9-10H,2-3,5,7,12H2,1H3,(H,13,15). The van der Waals surface area contributed by atoms with Crippen LogP contribution in [0.25, 0.3) is 0 Å². The number of nitrogens with two attached hydrogens (primary N) is 1. The second kappa shape index (κ2) is 4.57. The maximum atomic E-state index is 5.86. The van der Waals surface area contributed by atoms with Gasteiger partial charge >= 0.3 is 0 Å². The summed E-state index contributed by atoms with van der Waals surface area (Å²) in [7, 11) is 0. The van der Waals surface area contributed by atoms with Crippen LogP contribution >= 0.6 is 0 Å². The van der Waals surface area contributed by atoms with Gasteiger partial charge in [-0.25, -0.2) is 0 Å². The largest absolute Gasteiger partial charge is 0.368 e. The van der Waals surface area contributed by atoms with Crippen molar-refractivity contribution < 1.29 is 0 Å². The highest BCUT2D eigenvalue weighted by Gasteiger charge is 2.21. The van der Waals surface area contributed by atoms with Crippen molar-refractivity contribution in [2.45, 2.75) is 32.2 Å². The van der Waals surface area contributed by atoms with Gasteiger partial charge in [0.15, 0.2) is 0 Å². The van der Waals surface area contributed by atoms with E-state index < -0.39 is 0 Å². The Kier molecular flexibility index (Phi) is 3.16. The fraction of sp³-hybridized carbons (Fsp3) is 0.636. The molecular weight excluding hydrogens is 188 g/mol. The Bertz CT molecular complexity index is 326. The zero-order valence-electron chi connectivity index (χ0n) is 9.11. The number of nitrogens with one attached hydrogen (secondary N) is 1. The van der Waals surface area contributed by atoms with E-state index in [9.17, 15) is 0 Å². The number of hydrogen-bond acceptors (Lipinski definition) is 4. The van der Waals surface area contributed by atoms with E-state index >= 15 is 0 Å². The Hall–Kier alpha value is -1.16. The minimum absolute atomic E-state index is 0.403. The first-order chi connectivity index (χ1) is 7.24. The Morgan fingerprint density at radius 1 is 1.53 bits per heavy atom. The molecule has 1 aromatic heterocycles. The lowest BCUT2D eigenvalue weighted by atomic mass is 10.1. The molecule has 4 nitrogen and oxygen atoms in total. The van der Waals surface area contributed by atoms with Gasteiger partial charge in [0.25, 0.3) is 0 Å². The van der Waals surface area contributed by atoms with E-state index in [0.29, 0.717) is 12.0 Å². The van der Waals surface area contributed by atoms with Crippen LogP contribution in [-0.2, 0) is 0 Å². The van der Waals surface area contributed by atoms with Gasteiger partial charge in [0.2, 0.25) is 0 Å². The number of hydrogen-bond donors (Lipinski definition) is 2. The molecule has 0 aromatic carbocycles. The van der Waals surface area contributed by atoms with Crippen LogP contribution in [0.5, 0.6) is 0 Å². The van der Waals surface area contributed by atoms with Gasteiger partial charge in [0.1, 0.15) is 5.82 Å². The fourth-order valence-corrected chi connectivity index (χ4v) is 2.10. The molecule has 1 aliphatic carbocycles. The SMILES string of the molecule is Cc1cnnc(NCC2CCC(N)C2)c1. The molecule has 0 aliphatic heterocycles. The van der Waals surface area contributed by atoms with Crippen LogP contribution in [0.3, 0.4) is 0 Å². The molecular formula is C11H18N4. The molecule has 0 saturated heterocycles. The van der Waals surface area contributed by atoms with Crippen LogP contribution in [0.4, 0.5) is 5.82 Å². The molecule has 82 valence electrons. The number of anilines is 1. The maximum Gasteiger partial charge on any atom is 0.148 e. The third-order valence-electron chi connectivity index (χ3n) is 2.94. The van der Waals surface area contributed by atoms with Crippen molar-refractivity contribution in [3.63, 3.8) is 0 Å². The van der Waals surface area contributed by atoms with Crippen molar-refractivity contribution in [1.82, 2.24) is 10.2 Å². The molecule has 1 saturated carbocycles. The molecule has 4 heteroatoms. The molecule has 1 aromatic rings. The summed E-state index contributed by atoms with van der Waals surface area (Å²) in [6.45, 7) is 2.98. The van der Waals surface area contributed by atoms with Gasteiger partial charge in [0, 0.05) is 12.6 Å². The predicted molar refractivity (Wildman–Crippen MR) is 60.6 cm³/mol. The summed E-state index contributed by atoms with van der Waals surface area (Å²) < 4.78 is 0. The number of nitrogens with zero attached hydrogens (tertiary/aromatic N) is 2. The second-order valence-corrected chi connectivity index (χ2v) is 4.44. The van der Waals surface area contributed by atoms with E-state index in [-0.39, 0.29) is 0 Å². The summed E-state index contributed by atoms with van der Waals surface area (Å²) in [5.74, 6) is 1.57. The average molecular weight is 206 g/mol. The van der Waals surface area contributed by atoms with Crippen molar-refractivity contribution in [3.05, 3.63) is 17.8 Å². The minimum atomic E-state index is 0.403. The summed E-state index contributed by atoms with van der Waals surface area (Å²) >= 11 is 0. The van der Waals surface area contributed by atoms with Crippen LogP contribution < -0.4 is 11.1 Å². The molecule has 0 radical (unpaired) electrons. The quantitative estimate of drug-likeness (QED) is 0.783. The maximum absolute atomic E-state index is 5.86. The zero-order chi connectivity index (χ0) is 10.7. The van der Waals surface area contributed by atoms with E-state index in [1.165, 1.54) is 6.42 Å². The van der Waals surface area contributed by atoms with E-state index in [1.54, 1.807) is 6.20 Å². The van der Waals surface area contributed by atoms with Crippen molar-refractivity contribution >= 4 is 5.82 Å². The van der Waals surface area contributed by atoms with Crippen LogP contribution in [0, 0.1) is 12.8 Å². The third kappa shape index (κ3) is 2.89. The monoisotopic (exact) mass is 206 g/mol. The average Bonchev–Trinajstić information content (AvgIpc) is 2.62. The van der Waals surface area contributed by atoms with Crippen LogP contribution in [0.1, 0.15) is 24.8 Å². The molecule has 3 N–H and O–H groups in total. The molecule has 1 aliphatic rings. The first-order valence-electron chi connectivity index (χ1n) is 5.53. The Labute approximate surface area is 90.3 Å². The summed E-state index contributed by atoms with van der Waals surface area (Å²) in [5.41, 5.74) is 7.00. The summed E-state index contributed by atoms with van der Waals surface area (Å²) in [6, 6.07) is 2.42. The topological polar surface area (TPSA) is 63.8 Å². The van der Waals surface area contributed by atoms with Gasteiger partial charge in [-0.15, -0.1) is 5.10 Å². The smallest absolute Gasteiger partial charge is 0.148 e. The highest BCUT2D eigenvalue weighted by atomic mass is 15.2. The Balaban J connectivity index is 1.83. The molecule has 15 heavy (non-hydrogen) atoms. The summed E-state index contributed by atoms with van der Waals surface area (Å²) in [5, 5.41) is 11.3. The van der Waals surface area contributed by atoms with Crippen molar-refractivity contribution in [1.29, 1.82) is 0 Å². The van der Waals surface area contributed by atoms with Gasteiger partial charge < -0.3 is 11.1 Å².